The highest BCUT2D eigenvalue weighted by Gasteiger charge is 2.48. The molecule has 2 atom stereocenters. The van der Waals surface area contributed by atoms with Crippen LogP contribution in [0.4, 0.5) is 11.5 Å². The Morgan fingerprint density at radius 3 is 2.80 bits per heavy atom. The van der Waals surface area contributed by atoms with Crippen molar-refractivity contribution in [3.8, 4) is 0 Å². The number of ether oxygens (including phenoxy) is 1. The fourth-order valence-electron chi connectivity index (χ4n) is 2.93. The molecule has 0 radical (unpaired) electrons. The maximum atomic E-state index is 5.78. The van der Waals surface area contributed by atoms with Crippen molar-refractivity contribution >= 4 is 22.4 Å². The summed E-state index contributed by atoms with van der Waals surface area (Å²) in [4.78, 5) is 4.65. The molecule has 2 unspecified atom stereocenters. The fourth-order valence-corrected chi connectivity index (χ4v) is 2.93. The highest BCUT2D eigenvalue weighted by Crippen LogP contribution is 2.43. The molecule has 2 aromatic rings. The van der Waals surface area contributed by atoms with Gasteiger partial charge in [0, 0.05) is 29.6 Å². The normalized spacial score (nSPS) is 24.4. The standard InChI is InChI=1S/C16H21N3O/c1-16(2)13(9-14(16)20-3)19-15-7-4-10-8-11(17)5-6-12(10)18-15/h4-8,13-14H,9,17H2,1-3H3,(H,18,19). The summed E-state index contributed by atoms with van der Waals surface area (Å²) in [5.74, 6) is 0.912. The van der Waals surface area contributed by atoms with Gasteiger partial charge in [-0.3, -0.25) is 0 Å². The average molecular weight is 271 g/mol. The molecule has 0 amide bonds. The van der Waals surface area contributed by atoms with Crippen LogP contribution in [0.25, 0.3) is 10.9 Å². The fraction of sp³-hybridized carbons (Fsp3) is 0.438. The summed E-state index contributed by atoms with van der Waals surface area (Å²) >= 11 is 0. The number of hydrogen-bond acceptors (Lipinski definition) is 4. The number of nitrogens with zero attached hydrogens (tertiary/aromatic N) is 1. The van der Waals surface area contributed by atoms with Crippen LogP contribution in [0.1, 0.15) is 20.3 Å². The number of benzene rings is 1. The van der Waals surface area contributed by atoms with Crippen molar-refractivity contribution < 1.29 is 4.74 Å². The highest BCUT2D eigenvalue weighted by atomic mass is 16.5. The van der Waals surface area contributed by atoms with Crippen LogP contribution in [0, 0.1) is 5.41 Å². The van der Waals surface area contributed by atoms with Crippen molar-refractivity contribution in [2.24, 2.45) is 5.41 Å². The lowest BCUT2D eigenvalue weighted by molar-refractivity contribution is -0.0795. The third kappa shape index (κ3) is 2.10. The van der Waals surface area contributed by atoms with E-state index in [2.05, 4.69) is 30.2 Å². The summed E-state index contributed by atoms with van der Waals surface area (Å²) in [6.45, 7) is 4.45. The van der Waals surface area contributed by atoms with Crippen molar-refractivity contribution in [2.75, 3.05) is 18.2 Å². The number of anilines is 2. The number of fused-ring (bicyclic) bond motifs is 1. The molecule has 1 aromatic carbocycles. The molecule has 1 fully saturated rings. The van der Waals surface area contributed by atoms with Gasteiger partial charge in [-0.25, -0.2) is 4.98 Å². The van der Waals surface area contributed by atoms with Gasteiger partial charge in [-0.05, 0) is 36.8 Å². The van der Waals surface area contributed by atoms with Crippen LogP contribution in [0.2, 0.25) is 0 Å². The minimum absolute atomic E-state index is 0.131. The first-order chi connectivity index (χ1) is 9.50. The van der Waals surface area contributed by atoms with E-state index in [1.54, 1.807) is 7.11 Å². The number of methoxy groups -OCH3 is 1. The molecular formula is C16H21N3O. The molecule has 0 saturated heterocycles. The Balaban J connectivity index is 1.80. The van der Waals surface area contributed by atoms with Gasteiger partial charge in [0.2, 0.25) is 0 Å². The van der Waals surface area contributed by atoms with Gasteiger partial charge in [0.05, 0.1) is 11.6 Å². The number of aromatic nitrogens is 1. The molecule has 20 heavy (non-hydrogen) atoms. The molecule has 4 nitrogen and oxygen atoms in total. The van der Waals surface area contributed by atoms with Crippen molar-refractivity contribution in [2.45, 2.75) is 32.4 Å². The van der Waals surface area contributed by atoms with Crippen molar-refractivity contribution in [1.29, 1.82) is 0 Å². The molecule has 3 rings (SSSR count). The Hall–Kier alpha value is -1.81. The quantitative estimate of drug-likeness (QED) is 0.842. The highest BCUT2D eigenvalue weighted by molar-refractivity contribution is 5.83. The van der Waals surface area contributed by atoms with Crippen molar-refractivity contribution in [3.63, 3.8) is 0 Å². The summed E-state index contributed by atoms with van der Waals surface area (Å²) in [5, 5.41) is 4.59. The third-order valence-electron chi connectivity index (χ3n) is 4.50. The van der Waals surface area contributed by atoms with Crippen molar-refractivity contribution in [3.05, 3.63) is 30.3 Å². The second-order valence-corrected chi connectivity index (χ2v) is 6.13. The average Bonchev–Trinajstić information content (AvgIpc) is 2.43. The maximum Gasteiger partial charge on any atom is 0.126 e. The smallest absolute Gasteiger partial charge is 0.126 e. The first kappa shape index (κ1) is 13.2. The van der Waals surface area contributed by atoms with Crippen molar-refractivity contribution in [1.82, 2.24) is 4.98 Å². The van der Waals surface area contributed by atoms with E-state index in [1.165, 1.54) is 0 Å². The number of nitrogens with two attached hydrogens (primary N) is 1. The molecule has 1 aliphatic rings. The predicted molar refractivity (Wildman–Crippen MR) is 82.8 cm³/mol. The summed E-state index contributed by atoms with van der Waals surface area (Å²) in [6, 6.07) is 10.2. The third-order valence-corrected chi connectivity index (χ3v) is 4.50. The first-order valence-corrected chi connectivity index (χ1v) is 6.96. The topological polar surface area (TPSA) is 60.2 Å². The van der Waals surface area contributed by atoms with Crippen LogP contribution in [0.15, 0.2) is 30.3 Å². The van der Waals surface area contributed by atoms with Crippen LogP contribution in [-0.4, -0.2) is 24.2 Å². The zero-order valence-corrected chi connectivity index (χ0v) is 12.2. The number of nitrogen functional groups attached to an aromatic ring is 1. The van der Waals surface area contributed by atoms with Crippen LogP contribution < -0.4 is 11.1 Å². The van der Waals surface area contributed by atoms with Gasteiger partial charge in [-0.15, -0.1) is 0 Å². The SMILES string of the molecule is COC1CC(Nc2ccc3cc(N)ccc3n2)C1(C)C. The van der Waals surface area contributed by atoms with Crippen LogP contribution in [0.3, 0.4) is 0 Å². The second kappa shape index (κ2) is 4.63. The van der Waals surface area contributed by atoms with E-state index in [0.29, 0.717) is 12.1 Å². The van der Waals surface area contributed by atoms with Gasteiger partial charge >= 0.3 is 0 Å². The van der Waals surface area contributed by atoms with E-state index >= 15 is 0 Å². The van der Waals surface area contributed by atoms with E-state index < -0.39 is 0 Å². The minimum Gasteiger partial charge on any atom is -0.399 e. The molecule has 0 spiro atoms. The molecule has 0 aliphatic heterocycles. The summed E-state index contributed by atoms with van der Waals surface area (Å²) < 4.78 is 5.48. The number of hydrogen-bond donors (Lipinski definition) is 2. The lowest BCUT2D eigenvalue weighted by Crippen LogP contribution is -2.57. The molecule has 1 aromatic heterocycles. The Bertz CT molecular complexity index is 639. The maximum absolute atomic E-state index is 5.78. The molecule has 1 saturated carbocycles. The monoisotopic (exact) mass is 271 g/mol. The zero-order chi connectivity index (χ0) is 14.3. The van der Waals surface area contributed by atoms with Gasteiger partial charge in [-0.1, -0.05) is 13.8 Å². The number of rotatable bonds is 3. The van der Waals surface area contributed by atoms with E-state index in [1.807, 2.05) is 24.3 Å². The van der Waals surface area contributed by atoms with Gasteiger partial charge in [-0.2, -0.15) is 0 Å². The van der Waals surface area contributed by atoms with E-state index in [4.69, 9.17) is 10.5 Å². The number of nitrogens with one attached hydrogen (secondary N) is 1. The van der Waals surface area contributed by atoms with Crippen LogP contribution in [-0.2, 0) is 4.74 Å². The Labute approximate surface area is 119 Å². The van der Waals surface area contributed by atoms with Crippen LogP contribution in [0.5, 0.6) is 0 Å². The molecule has 1 aliphatic carbocycles. The predicted octanol–water partition coefficient (Wildman–Crippen LogP) is 3.04. The summed E-state index contributed by atoms with van der Waals surface area (Å²) in [6.07, 6.45) is 1.34. The van der Waals surface area contributed by atoms with Gasteiger partial charge in [0.15, 0.2) is 0 Å². The molecule has 1 heterocycles. The van der Waals surface area contributed by atoms with E-state index in [9.17, 15) is 0 Å². The van der Waals surface area contributed by atoms with E-state index in [-0.39, 0.29) is 5.41 Å². The molecule has 4 heteroatoms. The Kier molecular flexibility index (Phi) is 3.05. The van der Waals surface area contributed by atoms with Crippen LogP contribution >= 0.6 is 0 Å². The van der Waals surface area contributed by atoms with Gasteiger partial charge in [0.25, 0.3) is 0 Å². The molecule has 0 bridgehead atoms. The largest absolute Gasteiger partial charge is 0.399 e. The lowest BCUT2D eigenvalue weighted by Gasteiger charge is -2.51. The first-order valence-electron chi connectivity index (χ1n) is 6.96. The molecular weight excluding hydrogens is 250 g/mol. The van der Waals surface area contributed by atoms with E-state index in [0.717, 1.165) is 28.8 Å². The molecule has 3 N–H and O–H groups in total. The summed E-state index contributed by atoms with van der Waals surface area (Å²) in [7, 11) is 1.78. The zero-order valence-electron chi connectivity index (χ0n) is 12.2. The van der Waals surface area contributed by atoms with Gasteiger partial charge in [0.1, 0.15) is 5.82 Å². The van der Waals surface area contributed by atoms with Gasteiger partial charge < -0.3 is 15.8 Å². The number of pyridine rings is 1. The Morgan fingerprint density at radius 1 is 1.30 bits per heavy atom. The second-order valence-electron chi connectivity index (χ2n) is 6.13. The Morgan fingerprint density at radius 2 is 2.10 bits per heavy atom. The minimum atomic E-state index is 0.131. The lowest BCUT2D eigenvalue weighted by atomic mass is 9.64. The summed E-state index contributed by atoms with van der Waals surface area (Å²) in [5.41, 5.74) is 7.64. The molecule has 106 valence electrons.